The van der Waals surface area contributed by atoms with E-state index < -0.39 is 11.7 Å². The number of amides is 1. The van der Waals surface area contributed by atoms with Crippen LogP contribution < -0.4 is 10.2 Å². The molecular weight excluding hydrogens is 343 g/mol. The SMILES string of the molecule is O=C(NCc1ccccc1)C1CCN(c2ccc(C(F)(F)F)cn2)CC1. The van der Waals surface area contributed by atoms with Crippen LogP contribution in [0.15, 0.2) is 48.7 Å². The molecule has 1 aromatic heterocycles. The van der Waals surface area contributed by atoms with Gasteiger partial charge in [-0.15, -0.1) is 0 Å². The van der Waals surface area contributed by atoms with Crippen LogP contribution in [0.5, 0.6) is 0 Å². The lowest BCUT2D eigenvalue weighted by Crippen LogP contribution is -2.40. The normalized spacial score (nSPS) is 15.7. The summed E-state index contributed by atoms with van der Waals surface area (Å²) in [6.07, 6.45) is -2.21. The highest BCUT2D eigenvalue weighted by Gasteiger charge is 2.31. The van der Waals surface area contributed by atoms with Crippen LogP contribution in [0.25, 0.3) is 0 Å². The number of anilines is 1. The molecular formula is C19H20F3N3O. The fourth-order valence-electron chi connectivity index (χ4n) is 3.04. The number of pyridine rings is 1. The van der Waals surface area contributed by atoms with Crippen molar-refractivity contribution in [2.24, 2.45) is 5.92 Å². The van der Waals surface area contributed by atoms with Gasteiger partial charge in [-0.05, 0) is 30.5 Å². The number of nitrogens with zero attached hydrogens (tertiary/aromatic N) is 2. The Kier molecular flexibility index (Phi) is 5.44. The Balaban J connectivity index is 1.50. The third-order valence-corrected chi connectivity index (χ3v) is 4.57. The zero-order chi connectivity index (χ0) is 18.6. The van der Waals surface area contributed by atoms with Gasteiger partial charge in [-0.1, -0.05) is 30.3 Å². The van der Waals surface area contributed by atoms with Gasteiger partial charge in [-0.25, -0.2) is 4.98 Å². The molecule has 0 spiro atoms. The summed E-state index contributed by atoms with van der Waals surface area (Å²) in [4.78, 5) is 18.1. The van der Waals surface area contributed by atoms with Crippen LogP contribution in [0.3, 0.4) is 0 Å². The molecule has 1 amide bonds. The third-order valence-electron chi connectivity index (χ3n) is 4.57. The lowest BCUT2D eigenvalue weighted by Gasteiger charge is -2.32. The van der Waals surface area contributed by atoms with Crippen LogP contribution in [0.2, 0.25) is 0 Å². The van der Waals surface area contributed by atoms with Crippen molar-refractivity contribution in [3.63, 3.8) is 0 Å². The minimum atomic E-state index is -4.38. The lowest BCUT2D eigenvalue weighted by molar-refractivity contribution is -0.137. The summed E-state index contributed by atoms with van der Waals surface area (Å²) in [5, 5.41) is 2.95. The maximum absolute atomic E-state index is 12.6. The molecule has 0 bridgehead atoms. The molecule has 4 nitrogen and oxygen atoms in total. The van der Waals surface area contributed by atoms with E-state index in [4.69, 9.17) is 0 Å². The molecule has 7 heteroatoms. The summed E-state index contributed by atoms with van der Waals surface area (Å²) in [5.41, 5.74) is 0.295. The first kappa shape index (κ1) is 18.2. The fraction of sp³-hybridized carbons (Fsp3) is 0.368. The topological polar surface area (TPSA) is 45.2 Å². The van der Waals surface area contributed by atoms with E-state index in [1.807, 2.05) is 35.2 Å². The van der Waals surface area contributed by atoms with Crippen LogP contribution in [0.1, 0.15) is 24.0 Å². The number of benzene rings is 1. The molecule has 1 saturated heterocycles. The number of hydrogen-bond acceptors (Lipinski definition) is 3. The molecule has 1 N–H and O–H groups in total. The van der Waals surface area contributed by atoms with Crippen molar-refractivity contribution in [2.75, 3.05) is 18.0 Å². The zero-order valence-corrected chi connectivity index (χ0v) is 14.2. The largest absolute Gasteiger partial charge is 0.417 e. The Morgan fingerprint density at radius 2 is 1.81 bits per heavy atom. The number of alkyl halides is 3. The van der Waals surface area contributed by atoms with Crippen molar-refractivity contribution in [3.05, 3.63) is 59.8 Å². The Morgan fingerprint density at radius 1 is 1.12 bits per heavy atom. The maximum Gasteiger partial charge on any atom is 0.417 e. The zero-order valence-electron chi connectivity index (χ0n) is 14.2. The van der Waals surface area contributed by atoms with Gasteiger partial charge < -0.3 is 10.2 Å². The average Bonchev–Trinajstić information content (AvgIpc) is 2.66. The number of nitrogens with one attached hydrogen (secondary N) is 1. The van der Waals surface area contributed by atoms with Gasteiger partial charge in [-0.2, -0.15) is 13.2 Å². The number of halogens is 3. The molecule has 1 aromatic carbocycles. The summed E-state index contributed by atoms with van der Waals surface area (Å²) in [5.74, 6) is 0.458. The monoisotopic (exact) mass is 363 g/mol. The highest BCUT2D eigenvalue weighted by atomic mass is 19.4. The van der Waals surface area contributed by atoms with Gasteiger partial charge in [0, 0.05) is 31.7 Å². The molecule has 1 aliphatic heterocycles. The number of carbonyl (C=O) groups is 1. The number of carbonyl (C=O) groups excluding carboxylic acids is 1. The minimum Gasteiger partial charge on any atom is -0.357 e. The van der Waals surface area contributed by atoms with Gasteiger partial charge in [0.2, 0.25) is 5.91 Å². The van der Waals surface area contributed by atoms with Gasteiger partial charge in [0.05, 0.1) is 5.56 Å². The van der Waals surface area contributed by atoms with E-state index in [0.29, 0.717) is 38.3 Å². The predicted molar refractivity (Wildman–Crippen MR) is 92.5 cm³/mol. The predicted octanol–water partition coefficient (Wildman–Crippen LogP) is 3.63. The van der Waals surface area contributed by atoms with Gasteiger partial charge in [0.15, 0.2) is 0 Å². The van der Waals surface area contributed by atoms with E-state index >= 15 is 0 Å². The smallest absolute Gasteiger partial charge is 0.357 e. The molecule has 138 valence electrons. The molecule has 1 aliphatic rings. The fourth-order valence-corrected chi connectivity index (χ4v) is 3.04. The summed E-state index contributed by atoms with van der Waals surface area (Å²) in [6.45, 7) is 1.70. The van der Waals surface area contributed by atoms with Crippen molar-refractivity contribution in [2.45, 2.75) is 25.6 Å². The van der Waals surface area contributed by atoms with E-state index in [-0.39, 0.29) is 11.8 Å². The first-order valence-corrected chi connectivity index (χ1v) is 8.53. The molecule has 0 unspecified atom stereocenters. The Bertz CT molecular complexity index is 724. The van der Waals surface area contributed by atoms with Crippen molar-refractivity contribution >= 4 is 11.7 Å². The molecule has 0 aliphatic carbocycles. The summed E-state index contributed by atoms with van der Waals surface area (Å²) in [7, 11) is 0. The average molecular weight is 363 g/mol. The van der Waals surface area contributed by atoms with E-state index in [1.165, 1.54) is 6.07 Å². The van der Waals surface area contributed by atoms with Gasteiger partial charge in [0.25, 0.3) is 0 Å². The molecule has 2 aromatic rings. The highest BCUT2D eigenvalue weighted by molar-refractivity contribution is 5.79. The number of rotatable bonds is 4. The van der Waals surface area contributed by atoms with Crippen LogP contribution in [0, 0.1) is 5.92 Å². The highest BCUT2D eigenvalue weighted by Crippen LogP contribution is 2.30. The van der Waals surface area contributed by atoms with Crippen LogP contribution >= 0.6 is 0 Å². The number of hydrogen-bond donors (Lipinski definition) is 1. The van der Waals surface area contributed by atoms with Gasteiger partial charge in [0.1, 0.15) is 5.82 Å². The van der Waals surface area contributed by atoms with Crippen LogP contribution in [-0.4, -0.2) is 24.0 Å². The van der Waals surface area contributed by atoms with E-state index in [9.17, 15) is 18.0 Å². The second-order valence-corrected chi connectivity index (χ2v) is 6.37. The standard InChI is InChI=1S/C19H20F3N3O/c20-19(21,22)16-6-7-17(23-13-16)25-10-8-15(9-11-25)18(26)24-12-14-4-2-1-3-5-14/h1-7,13,15H,8-12H2,(H,24,26). The Labute approximate surface area is 150 Å². The number of aromatic nitrogens is 1. The summed E-state index contributed by atoms with van der Waals surface area (Å²) >= 11 is 0. The molecule has 26 heavy (non-hydrogen) atoms. The molecule has 0 atom stereocenters. The van der Waals surface area contributed by atoms with E-state index in [0.717, 1.165) is 17.8 Å². The van der Waals surface area contributed by atoms with Gasteiger partial charge in [-0.3, -0.25) is 4.79 Å². The summed E-state index contributed by atoms with van der Waals surface area (Å²) in [6, 6.07) is 12.1. The third kappa shape index (κ3) is 4.53. The van der Waals surface area contributed by atoms with Crippen LogP contribution in [0.4, 0.5) is 19.0 Å². The first-order chi connectivity index (χ1) is 12.4. The summed E-state index contributed by atoms with van der Waals surface area (Å²) < 4.78 is 37.8. The first-order valence-electron chi connectivity index (χ1n) is 8.53. The van der Waals surface area contributed by atoms with Gasteiger partial charge >= 0.3 is 6.18 Å². The van der Waals surface area contributed by atoms with Crippen molar-refractivity contribution in [3.8, 4) is 0 Å². The molecule has 2 heterocycles. The Morgan fingerprint density at radius 3 is 2.38 bits per heavy atom. The van der Waals surface area contributed by atoms with E-state index in [2.05, 4.69) is 10.3 Å². The van der Waals surface area contributed by atoms with Crippen molar-refractivity contribution < 1.29 is 18.0 Å². The lowest BCUT2D eigenvalue weighted by atomic mass is 9.95. The quantitative estimate of drug-likeness (QED) is 0.902. The Hall–Kier alpha value is -2.57. The number of piperidine rings is 1. The molecule has 0 radical (unpaired) electrons. The molecule has 0 saturated carbocycles. The molecule has 3 rings (SSSR count). The van der Waals surface area contributed by atoms with Crippen molar-refractivity contribution in [1.82, 2.24) is 10.3 Å². The second-order valence-electron chi connectivity index (χ2n) is 6.37. The van der Waals surface area contributed by atoms with Crippen molar-refractivity contribution in [1.29, 1.82) is 0 Å². The molecule has 1 fully saturated rings. The maximum atomic E-state index is 12.6. The second kappa shape index (κ2) is 7.76. The van der Waals surface area contributed by atoms with E-state index in [1.54, 1.807) is 0 Å². The van der Waals surface area contributed by atoms with Crippen LogP contribution in [-0.2, 0) is 17.5 Å². The minimum absolute atomic E-state index is 0.0221.